The van der Waals surface area contributed by atoms with Gasteiger partial charge in [0.1, 0.15) is 17.7 Å². The van der Waals surface area contributed by atoms with Gasteiger partial charge < -0.3 is 25.4 Å². The van der Waals surface area contributed by atoms with Gasteiger partial charge in [0.25, 0.3) is 0 Å². The van der Waals surface area contributed by atoms with Crippen molar-refractivity contribution in [2.45, 2.75) is 98.3 Å². The number of hydrogen-bond donors (Lipinski definition) is 3. The minimum atomic E-state index is -1.23. The third kappa shape index (κ3) is 10.3. The van der Waals surface area contributed by atoms with Gasteiger partial charge in [0.05, 0.1) is 6.61 Å². The van der Waals surface area contributed by atoms with E-state index in [9.17, 15) is 19.5 Å². The molecule has 0 radical (unpaired) electrons. The Balaban J connectivity index is 3.37. The molecule has 0 saturated carbocycles. The van der Waals surface area contributed by atoms with E-state index in [0.29, 0.717) is 19.5 Å². The van der Waals surface area contributed by atoms with Crippen molar-refractivity contribution in [3.63, 3.8) is 0 Å². The summed E-state index contributed by atoms with van der Waals surface area (Å²) in [5.74, 6) is -0.797. The molecule has 0 aromatic heterocycles. The number of carbonyl (C=O) groups excluding carboxylic acids is 3. The fourth-order valence-electron chi connectivity index (χ4n) is 3.72. The summed E-state index contributed by atoms with van der Waals surface area (Å²) in [6.07, 6.45) is 3.56. The molecule has 1 rings (SSSR count). The van der Waals surface area contributed by atoms with E-state index in [2.05, 4.69) is 17.6 Å². The van der Waals surface area contributed by atoms with E-state index in [1.54, 1.807) is 20.8 Å². The molecule has 1 aromatic carbocycles. The molecule has 2 unspecified atom stereocenters. The molecule has 3 amide bonds. The number of aryl methyl sites for hydroxylation is 2. The van der Waals surface area contributed by atoms with Crippen LogP contribution < -0.4 is 10.6 Å². The molecule has 3 N–H and O–H groups in total. The van der Waals surface area contributed by atoms with Gasteiger partial charge in [-0.15, -0.1) is 0 Å². The molecule has 0 saturated heterocycles. The van der Waals surface area contributed by atoms with Crippen molar-refractivity contribution in [1.29, 1.82) is 0 Å². The molecule has 198 valence electrons. The van der Waals surface area contributed by atoms with Crippen molar-refractivity contribution in [3.05, 3.63) is 34.9 Å². The smallest absolute Gasteiger partial charge is 0.408 e. The summed E-state index contributed by atoms with van der Waals surface area (Å²) in [5, 5.41) is 15.5. The third-order valence-electron chi connectivity index (χ3n) is 5.58. The number of hydrogen-bond acceptors (Lipinski definition) is 5. The number of unbranched alkanes of at least 4 members (excludes halogenated alkanes) is 3. The van der Waals surface area contributed by atoms with Crippen molar-refractivity contribution in [2.75, 3.05) is 19.7 Å². The predicted molar refractivity (Wildman–Crippen MR) is 138 cm³/mol. The number of carbonyl (C=O) groups is 3. The van der Waals surface area contributed by atoms with Crippen molar-refractivity contribution >= 4 is 17.9 Å². The van der Waals surface area contributed by atoms with Crippen LogP contribution in [0.25, 0.3) is 0 Å². The second-order valence-corrected chi connectivity index (χ2v) is 10.0. The lowest BCUT2D eigenvalue weighted by Crippen LogP contribution is -2.54. The number of benzene rings is 1. The van der Waals surface area contributed by atoms with E-state index in [1.165, 1.54) is 4.90 Å². The van der Waals surface area contributed by atoms with E-state index in [1.807, 2.05) is 39.0 Å². The first-order chi connectivity index (χ1) is 16.4. The quantitative estimate of drug-likeness (QED) is 0.359. The van der Waals surface area contributed by atoms with Gasteiger partial charge in [0.2, 0.25) is 11.8 Å². The third-order valence-corrected chi connectivity index (χ3v) is 5.58. The first-order valence-corrected chi connectivity index (χ1v) is 12.7. The molecule has 8 nitrogen and oxygen atoms in total. The maximum absolute atomic E-state index is 13.7. The second-order valence-electron chi connectivity index (χ2n) is 10.0. The predicted octanol–water partition coefficient (Wildman–Crippen LogP) is 4.17. The summed E-state index contributed by atoms with van der Waals surface area (Å²) in [5.41, 5.74) is 1.84. The van der Waals surface area contributed by atoms with E-state index in [4.69, 9.17) is 4.74 Å². The lowest BCUT2D eigenvalue weighted by molar-refractivity contribution is -0.143. The molecule has 0 aliphatic heterocycles. The fraction of sp³-hybridized carbons (Fsp3) is 0.667. The normalized spacial score (nSPS) is 13.0. The van der Waals surface area contributed by atoms with Gasteiger partial charge in [-0.25, -0.2) is 4.79 Å². The first kappa shape index (κ1) is 30.4. The Morgan fingerprint density at radius 3 is 2.29 bits per heavy atom. The summed E-state index contributed by atoms with van der Waals surface area (Å²) in [4.78, 5) is 41.0. The maximum atomic E-state index is 13.7. The van der Waals surface area contributed by atoms with Crippen LogP contribution in [0.5, 0.6) is 0 Å². The van der Waals surface area contributed by atoms with Crippen molar-refractivity contribution in [3.8, 4) is 0 Å². The highest BCUT2D eigenvalue weighted by molar-refractivity contribution is 5.92. The van der Waals surface area contributed by atoms with Gasteiger partial charge in [-0.05, 0) is 58.6 Å². The van der Waals surface area contributed by atoms with Crippen LogP contribution in [0.1, 0.15) is 89.5 Å². The molecule has 2 atom stereocenters. The number of aliphatic hydroxyl groups is 1. The van der Waals surface area contributed by atoms with Gasteiger partial charge in [-0.1, -0.05) is 56.9 Å². The van der Waals surface area contributed by atoms with Crippen LogP contribution in [0.4, 0.5) is 4.79 Å². The molecule has 0 aliphatic carbocycles. The summed E-state index contributed by atoms with van der Waals surface area (Å²) >= 11 is 0. The number of aliphatic hydroxyl groups excluding tert-OH is 1. The highest BCUT2D eigenvalue weighted by Crippen LogP contribution is 2.27. The Labute approximate surface area is 210 Å². The molecule has 0 spiro atoms. The van der Waals surface area contributed by atoms with Crippen LogP contribution in [0.2, 0.25) is 0 Å². The van der Waals surface area contributed by atoms with E-state index >= 15 is 0 Å². The largest absolute Gasteiger partial charge is 0.444 e. The van der Waals surface area contributed by atoms with Crippen LogP contribution in [-0.2, 0) is 14.3 Å². The Hall–Kier alpha value is -2.61. The molecular formula is C27H45N3O5. The maximum Gasteiger partial charge on any atom is 0.408 e. The lowest BCUT2D eigenvalue weighted by atomic mass is 9.96. The number of amides is 3. The second kappa shape index (κ2) is 14.7. The standard InChI is InChI=1S/C27H45N3O5/c1-8-10-12-15-28-24(32)23(21-17-19(3)13-14-20(21)4)30(16-11-9-2)25(33)22(18-31)29-26(34)35-27(5,6)7/h13-14,17,22-23,31H,8-12,15-16,18H2,1-7H3,(H,28,32)(H,29,34). The Morgan fingerprint density at radius 1 is 1.06 bits per heavy atom. The molecule has 0 heterocycles. The highest BCUT2D eigenvalue weighted by atomic mass is 16.6. The number of nitrogens with zero attached hydrogens (tertiary/aromatic N) is 1. The minimum absolute atomic E-state index is 0.270. The Bertz CT molecular complexity index is 835. The van der Waals surface area contributed by atoms with Crippen LogP contribution in [0, 0.1) is 13.8 Å². The van der Waals surface area contributed by atoms with Gasteiger partial charge in [0, 0.05) is 13.1 Å². The summed E-state index contributed by atoms with van der Waals surface area (Å²) in [6, 6.07) is 3.71. The topological polar surface area (TPSA) is 108 Å². The van der Waals surface area contributed by atoms with Gasteiger partial charge in [0.15, 0.2) is 0 Å². The van der Waals surface area contributed by atoms with Crippen molar-refractivity contribution in [2.24, 2.45) is 0 Å². The van der Waals surface area contributed by atoms with Crippen LogP contribution in [0.15, 0.2) is 18.2 Å². The number of nitrogens with one attached hydrogen (secondary N) is 2. The van der Waals surface area contributed by atoms with E-state index in [0.717, 1.165) is 42.4 Å². The van der Waals surface area contributed by atoms with Crippen LogP contribution in [-0.4, -0.2) is 59.3 Å². The average Bonchev–Trinajstić information content (AvgIpc) is 2.78. The SMILES string of the molecule is CCCCCNC(=O)C(c1cc(C)ccc1C)N(CCCC)C(=O)C(CO)NC(=O)OC(C)(C)C. The number of alkyl carbamates (subject to hydrolysis) is 1. The lowest BCUT2D eigenvalue weighted by Gasteiger charge is -2.35. The zero-order valence-corrected chi connectivity index (χ0v) is 22.6. The fourth-order valence-corrected chi connectivity index (χ4v) is 3.72. The summed E-state index contributed by atoms with van der Waals surface area (Å²) in [6.45, 7) is 13.3. The Morgan fingerprint density at radius 2 is 1.71 bits per heavy atom. The molecule has 0 fully saturated rings. The van der Waals surface area contributed by atoms with E-state index < -0.39 is 36.3 Å². The van der Waals surface area contributed by atoms with Crippen molar-refractivity contribution < 1.29 is 24.2 Å². The first-order valence-electron chi connectivity index (χ1n) is 12.7. The number of ether oxygens (including phenoxy) is 1. The molecule has 0 aliphatic rings. The molecule has 0 bridgehead atoms. The molecule has 1 aromatic rings. The molecule has 8 heteroatoms. The van der Waals surface area contributed by atoms with Gasteiger partial charge in [-0.2, -0.15) is 0 Å². The average molecular weight is 492 g/mol. The zero-order chi connectivity index (χ0) is 26.6. The summed E-state index contributed by atoms with van der Waals surface area (Å²) in [7, 11) is 0. The minimum Gasteiger partial charge on any atom is -0.444 e. The molecular weight excluding hydrogens is 446 g/mol. The highest BCUT2D eigenvalue weighted by Gasteiger charge is 2.36. The van der Waals surface area contributed by atoms with Crippen LogP contribution in [0.3, 0.4) is 0 Å². The van der Waals surface area contributed by atoms with Gasteiger partial charge >= 0.3 is 6.09 Å². The monoisotopic (exact) mass is 491 g/mol. The molecule has 35 heavy (non-hydrogen) atoms. The van der Waals surface area contributed by atoms with Crippen LogP contribution >= 0.6 is 0 Å². The zero-order valence-electron chi connectivity index (χ0n) is 22.6. The summed E-state index contributed by atoms with van der Waals surface area (Å²) < 4.78 is 5.27. The van der Waals surface area contributed by atoms with Crippen molar-refractivity contribution in [1.82, 2.24) is 15.5 Å². The Kier molecular flexibility index (Phi) is 12.8. The van der Waals surface area contributed by atoms with Gasteiger partial charge in [-0.3, -0.25) is 9.59 Å². The number of rotatable bonds is 13. The van der Waals surface area contributed by atoms with E-state index in [-0.39, 0.29) is 5.91 Å².